The third-order valence-electron chi connectivity index (χ3n) is 4.57. The van der Waals surface area contributed by atoms with Gasteiger partial charge in [0.25, 0.3) is 0 Å². The molecule has 138 valence electrons. The van der Waals surface area contributed by atoms with E-state index >= 15 is 0 Å². The summed E-state index contributed by atoms with van der Waals surface area (Å²) in [6.45, 7) is 2.21. The molecule has 0 aliphatic carbocycles. The molecule has 3 aromatic rings. The molecule has 1 aliphatic rings. The second-order valence-corrected chi connectivity index (χ2v) is 6.53. The van der Waals surface area contributed by atoms with Crippen LogP contribution in [0.5, 0.6) is 11.5 Å². The lowest BCUT2D eigenvalue weighted by molar-refractivity contribution is -0.121. The minimum absolute atomic E-state index is 0.00706. The number of hydrogen-bond donors (Lipinski definition) is 1. The molecule has 27 heavy (non-hydrogen) atoms. The molecule has 2 heterocycles. The lowest BCUT2D eigenvalue weighted by atomic mass is 10.1. The third kappa shape index (κ3) is 3.95. The van der Waals surface area contributed by atoms with Crippen LogP contribution in [-0.2, 0) is 11.2 Å². The summed E-state index contributed by atoms with van der Waals surface area (Å²) in [6.07, 6.45) is 4.83. The van der Waals surface area contributed by atoms with Crippen LogP contribution in [0.15, 0.2) is 60.9 Å². The summed E-state index contributed by atoms with van der Waals surface area (Å²) < 4.78 is 12.5. The van der Waals surface area contributed by atoms with Crippen LogP contribution in [0, 0.1) is 0 Å². The summed E-state index contributed by atoms with van der Waals surface area (Å²) in [7, 11) is 0. The molecule has 2 aromatic carbocycles. The summed E-state index contributed by atoms with van der Waals surface area (Å²) >= 11 is 0. The quantitative estimate of drug-likeness (QED) is 0.729. The van der Waals surface area contributed by atoms with Gasteiger partial charge < -0.3 is 14.8 Å². The van der Waals surface area contributed by atoms with Gasteiger partial charge in [-0.1, -0.05) is 24.3 Å². The van der Waals surface area contributed by atoms with Crippen molar-refractivity contribution in [2.45, 2.75) is 25.8 Å². The lowest BCUT2D eigenvalue weighted by Gasteiger charge is -2.14. The number of hydrogen-bond acceptors (Lipinski definition) is 4. The summed E-state index contributed by atoms with van der Waals surface area (Å²) in [4.78, 5) is 12.3. The number of rotatable bonds is 6. The van der Waals surface area contributed by atoms with E-state index in [1.165, 1.54) is 0 Å². The molecule has 0 saturated heterocycles. The van der Waals surface area contributed by atoms with Gasteiger partial charge >= 0.3 is 0 Å². The minimum Gasteiger partial charge on any atom is -0.454 e. The molecular formula is C21H21N3O3. The predicted octanol–water partition coefficient (Wildman–Crippen LogP) is 3.41. The van der Waals surface area contributed by atoms with Gasteiger partial charge in [0, 0.05) is 12.6 Å². The SMILES string of the molecule is CC(NC(=O)CCc1cnn(-c2ccccc2)c1)c1ccc2c(c1)OCO2. The molecule has 1 amide bonds. The molecule has 4 rings (SSSR count). The molecule has 0 fully saturated rings. The van der Waals surface area contributed by atoms with Crippen molar-refractivity contribution in [2.24, 2.45) is 0 Å². The topological polar surface area (TPSA) is 65.4 Å². The number of fused-ring (bicyclic) bond motifs is 1. The highest BCUT2D eigenvalue weighted by molar-refractivity contribution is 5.76. The summed E-state index contributed by atoms with van der Waals surface area (Å²) in [5.74, 6) is 1.47. The fourth-order valence-electron chi connectivity index (χ4n) is 3.05. The standard InChI is InChI=1S/C21H21N3O3/c1-15(17-8-9-19-20(11-17)27-14-26-19)23-21(25)10-7-16-12-22-24(13-16)18-5-3-2-4-6-18/h2-6,8-9,11-13,15H,7,10,14H2,1H3,(H,23,25). The van der Waals surface area contributed by atoms with Gasteiger partial charge in [-0.05, 0) is 48.7 Å². The molecule has 1 unspecified atom stereocenters. The fraction of sp³-hybridized carbons (Fsp3) is 0.238. The molecule has 1 aliphatic heterocycles. The Hall–Kier alpha value is -3.28. The Morgan fingerprint density at radius 3 is 2.85 bits per heavy atom. The number of nitrogens with one attached hydrogen (secondary N) is 1. The van der Waals surface area contributed by atoms with Crippen molar-refractivity contribution >= 4 is 5.91 Å². The van der Waals surface area contributed by atoms with Crippen LogP contribution in [0.2, 0.25) is 0 Å². The number of amides is 1. The molecule has 1 atom stereocenters. The summed E-state index contributed by atoms with van der Waals surface area (Å²) in [5, 5.41) is 7.40. The number of aromatic nitrogens is 2. The van der Waals surface area contributed by atoms with Gasteiger partial charge in [0.2, 0.25) is 12.7 Å². The van der Waals surface area contributed by atoms with Crippen LogP contribution < -0.4 is 14.8 Å². The zero-order chi connectivity index (χ0) is 18.6. The Bertz CT molecular complexity index is 937. The first-order valence-electron chi connectivity index (χ1n) is 8.97. The van der Waals surface area contributed by atoms with Gasteiger partial charge in [-0.25, -0.2) is 4.68 Å². The van der Waals surface area contributed by atoms with E-state index in [9.17, 15) is 4.79 Å². The van der Waals surface area contributed by atoms with Gasteiger partial charge in [-0.2, -0.15) is 5.10 Å². The monoisotopic (exact) mass is 363 g/mol. The Kier molecular flexibility index (Phi) is 4.78. The lowest BCUT2D eigenvalue weighted by Crippen LogP contribution is -2.26. The number of para-hydroxylation sites is 1. The van der Waals surface area contributed by atoms with E-state index in [1.807, 2.05) is 72.5 Å². The first-order valence-corrected chi connectivity index (χ1v) is 8.97. The first-order chi connectivity index (χ1) is 13.2. The molecular weight excluding hydrogens is 342 g/mol. The van der Waals surface area contributed by atoms with Crippen LogP contribution in [0.25, 0.3) is 5.69 Å². The first kappa shape index (κ1) is 17.1. The van der Waals surface area contributed by atoms with Crippen molar-refractivity contribution in [1.82, 2.24) is 15.1 Å². The molecule has 0 radical (unpaired) electrons. The highest BCUT2D eigenvalue weighted by atomic mass is 16.7. The van der Waals surface area contributed by atoms with E-state index < -0.39 is 0 Å². The second kappa shape index (κ2) is 7.53. The fourth-order valence-corrected chi connectivity index (χ4v) is 3.05. The van der Waals surface area contributed by atoms with E-state index in [2.05, 4.69) is 10.4 Å². The third-order valence-corrected chi connectivity index (χ3v) is 4.57. The number of ether oxygens (including phenoxy) is 2. The van der Waals surface area contributed by atoms with E-state index in [1.54, 1.807) is 0 Å². The van der Waals surface area contributed by atoms with E-state index in [0.29, 0.717) is 12.8 Å². The maximum atomic E-state index is 12.3. The van der Waals surface area contributed by atoms with Gasteiger partial charge in [0.1, 0.15) is 0 Å². The van der Waals surface area contributed by atoms with E-state index in [-0.39, 0.29) is 18.7 Å². The van der Waals surface area contributed by atoms with Gasteiger partial charge in [0.05, 0.1) is 17.9 Å². The van der Waals surface area contributed by atoms with E-state index in [4.69, 9.17) is 9.47 Å². The number of aryl methyl sites for hydroxylation is 1. The van der Waals surface area contributed by atoms with Crippen LogP contribution in [0.3, 0.4) is 0 Å². The van der Waals surface area contributed by atoms with Crippen molar-refractivity contribution in [3.05, 3.63) is 72.1 Å². The number of carbonyl (C=O) groups is 1. The molecule has 1 aromatic heterocycles. The van der Waals surface area contributed by atoms with Gasteiger partial charge in [-0.15, -0.1) is 0 Å². The molecule has 0 saturated carbocycles. The van der Waals surface area contributed by atoms with Crippen molar-refractivity contribution in [2.75, 3.05) is 6.79 Å². The number of benzene rings is 2. The average Bonchev–Trinajstić information content (AvgIpc) is 3.36. The summed E-state index contributed by atoms with van der Waals surface area (Å²) in [6, 6.07) is 15.5. The Balaban J connectivity index is 1.31. The van der Waals surface area contributed by atoms with Gasteiger partial charge in [-0.3, -0.25) is 4.79 Å². The van der Waals surface area contributed by atoms with Crippen molar-refractivity contribution in [3.63, 3.8) is 0 Å². The molecule has 6 nitrogen and oxygen atoms in total. The maximum Gasteiger partial charge on any atom is 0.231 e. The van der Waals surface area contributed by atoms with Crippen LogP contribution in [-0.4, -0.2) is 22.5 Å². The number of nitrogens with zero attached hydrogens (tertiary/aromatic N) is 2. The van der Waals surface area contributed by atoms with Crippen molar-refractivity contribution in [3.8, 4) is 17.2 Å². The molecule has 0 bridgehead atoms. The normalized spacial score (nSPS) is 13.4. The highest BCUT2D eigenvalue weighted by Crippen LogP contribution is 2.34. The summed E-state index contributed by atoms with van der Waals surface area (Å²) in [5.41, 5.74) is 3.03. The smallest absolute Gasteiger partial charge is 0.231 e. The van der Waals surface area contributed by atoms with Crippen molar-refractivity contribution < 1.29 is 14.3 Å². The van der Waals surface area contributed by atoms with Crippen LogP contribution in [0.1, 0.15) is 30.5 Å². The van der Waals surface area contributed by atoms with E-state index in [0.717, 1.165) is 28.3 Å². The highest BCUT2D eigenvalue weighted by Gasteiger charge is 2.17. The van der Waals surface area contributed by atoms with Crippen LogP contribution in [0.4, 0.5) is 0 Å². The second-order valence-electron chi connectivity index (χ2n) is 6.53. The Morgan fingerprint density at radius 2 is 2.00 bits per heavy atom. The van der Waals surface area contributed by atoms with Crippen LogP contribution >= 0.6 is 0 Å². The Labute approximate surface area is 157 Å². The zero-order valence-corrected chi connectivity index (χ0v) is 15.1. The molecule has 0 spiro atoms. The predicted molar refractivity (Wildman–Crippen MR) is 101 cm³/mol. The molecule has 1 N–H and O–H groups in total. The maximum absolute atomic E-state index is 12.3. The Morgan fingerprint density at radius 1 is 1.19 bits per heavy atom. The number of carbonyl (C=O) groups excluding carboxylic acids is 1. The van der Waals surface area contributed by atoms with Crippen molar-refractivity contribution in [1.29, 1.82) is 0 Å². The average molecular weight is 363 g/mol. The largest absolute Gasteiger partial charge is 0.454 e. The van der Waals surface area contributed by atoms with Gasteiger partial charge in [0.15, 0.2) is 11.5 Å². The zero-order valence-electron chi connectivity index (χ0n) is 15.1. The minimum atomic E-state index is -0.0981. The molecule has 6 heteroatoms.